The molecule has 0 saturated heterocycles. The zero-order valence-corrected chi connectivity index (χ0v) is 12.4. The van der Waals surface area contributed by atoms with Gasteiger partial charge in [-0.25, -0.2) is 0 Å². The van der Waals surface area contributed by atoms with E-state index in [9.17, 15) is 0 Å². The van der Waals surface area contributed by atoms with Crippen LogP contribution in [0.5, 0.6) is 0 Å². The summed E-state index contributed by atoms with van der Waals surface area (Å²) in [5, 5.41) is 5.93. The van der Waals surface area contributed by atoms with E-state index >= 15 is 0 Å². The van der Waals surface area contributed by atoms with E-state index < -0.39 is 0 Å². The van der Waals surface area contributed by atoms with E-state index in [-0.39, 0.29) is 6.04 Å². The van der Waals surface area contributed by atoms with Crippen molar-refractivity contribution in [1.82, 2.24) is 15.3 Å². The van der Waals surface area contributed by atoms with Crippen molar-refractivity contribution in [2.75, 3.05) is 6.54 Å². The van der Waals surface area contributed by atoms with Crippen LogP contribution in [0.2, 0.25) is 0 Å². The second kappa shape index (κ2) is 6.02. The number of aryl methyl sites for hydroxylation is 1. The normalized spacial score (nSPS) is 12.5. The maximum atomic E-state index is 4.59. The van der Waals surface area contributed by atoms with Gasteiger partial charge in [-0.05, 0) is 30.5 Å². The lowest BCUT2D eigenvalue weighted by molar-refractivity contribution is 0.614. The summed E-state index contributed by atoms with van der Waals surface area (Å²) in [5.74, 6) is 0. The van der Waals surface area contributed by atoms with Crippen molar-refractivity contribution in [2.24, 2.45) is 0 Å². The van der Waals surface area contributed by atoms with Crippen LogP contribution in [0.3, 0.4) is 0 Å². The predicted octanol–water partition coefficient (Wildman–Crippen LogP) is 3.64. The number of fused-ring (bicyclic) bond motifs is 1. The van der Waals surface area contributed by atoms with E-state index in [1.807, 2.05) is 30.7 Å². The average molecular weight is 277 g/mol. The third-order valence-electron chi connectivity index (χ3n) is 3.74. The quantitative estimate of drug-likeness (QED) is 0.791. The first kappa shape index (κ1) is 13.7. The van der Waals surface area contributed by atoms with Crippen molar-refractivity contribution < 1.29 is 0 Å². The fourth-order valence-corrected chi connectivity index (χ4v) is 2.73. The van der Waals surface area contributed by atoms with Gasteiger partial charge in [0.1, 0.15) is 0 Å². The van der Waals surface area contributed by atoms with Crippen molar-refractivity contribution in [1.29, 1.82) is 0 Å². The SMILES string of the molecule is CCNC(c1ncccc1C)c1cncc2ccccc12. The third-order valence-corrected chi connectivity index (χ3v) is 3.74. The molecule has 0 aliphatic rings. The van der Waals surface area contributed by atoms with Gasteiger partial charge in [0.05, 0.1) is 11.7 Å². The summed E-state index contributed by atoms with van der Waals surface area (Å²) in [7, 11) is 0. The van der Waals surface area contributed by atoms with Gasteiger partial charge in [-0.15, -0.1) is 0 Å². The molecule has 3 nitrogen and oxygen atoms in total. The van der Waals surface area contributed by atoms with Crippen LogP contribution in [0.25, 0.3) is 10.8 Å². The van der Waals surface area contributed by atoms with Crippen molar-refractivity contribution >= 4 is 10.8 Å². The molecule has 0 saturated carbocycles. The molecule has 2 heterocycles. The van der Waals surface area contributed by atoms with E-state index in [0.717, 1.165) is 17.6 Å². The first-order valence-electron chi connectivity index (χ1n) is 7.28. The molecule has 1 unspecified atom stereocenters. The molecular weight excluding hydrogens is 258 g/mol. The Morgan fingerprint density at radius 1 is 1.10 bits per heavy atom. The Balaban J connectivity index is 2.19. The highest BCUT2D eigenvalue weighted by atomic mass is 14.9. The number of nitrogens with zero attached hydrogens (tertiary/aromatic N) is 2. The molecule has 3 heteroatoms. The van der Waals surface area contributed by atoms with Gasteiger partial charge in [0, 0.05) is 29.5 Å². The van der Waals surface area contributed by atoms with Crippen molar-refractivity contribution in [3.63, 3.8) is 0 Å². The zero-order chi connectivity index (χ0) is 14.7. The zero-order valence-electron chi connectivity index (χ0n) is 12.4. The Labute approximate surface area is 125 Å². The molecule has 3 rings (SSSR count). The molecule has 0 amide bonds. The Kier molecular flexibility index (Phi) is 3.93. The molecule has 106 valence electrons. The van der Waals surface area contributed by atoms with Crippen LogP contribution in [0.15, 0.2) is 55.0 Å². The summed E-state index contributed by atoms with van der Waals surface area (Å²) in [6.07, 6.45) is 5.71. The van der Waals surface area contributed by atoms with Crippen LogP contribution in [-0.4, -0.2) is 16.5 Å². The third kappa shape index (κ3) is 2.65. The molecule has 1 N–H and O–H groups in total. The summed E-state index contributed by atoms with van der Waals surface area (Å²) < 4.78 is 0. The molecule has 21 heavy (non-hydrogen) atoms. The predicted molar refractivity (Wildman–Crippen MR) is 86.2 cm³/mol. The highest BCUT2D eigenvalue weighted by Gasteiger charge is 2.18. The number of aromatic nitrogens is 2. The Bertz CT molecular complexity index is 747. The smallest absolute Gasteiger partial charge is 0.0775 e. The van der Waals surface area contributed by atoms with Crippen LogP contribution in [0.4, 0.5) is 0 Å². The number of hydrogen-bond donors (Lipinski definition) is 1. The van der Waals surface area contributed by atoms with Crippen molar-refractivity contribution in [2.45, 2.75) is 19.9 Å². The van der Waals surface area contributed by atoms with Gasteiger partial charge in [0.25, 0.3) is 0 Å². The van der Waals surface area contributed by atoms with Crippen LogP contribution in [-0.2, 0) is 0 Å². The number of rotatable bonds is 4. The Morgan fingerprint density at radius 2 is 1.95 bits per heavy atom. The summed E-state index contributed by atoms with van der Waals surface area (Å²) in [5.41, 5.74) is 3.44. The van der Waals surface area contributed by atoms with E-state index in [1.54, 1.807) is 0 Å². The van der Waals surface area contributed by atoms with Gasteiger partial charge in [-0.2, -0.15) is 0 Å². The number of nitrogens with one attached hydrogen (secondary N) is 1. The van der Waals surface area contributed by atoms with Gasteiger partial charge >= 0.3 is 0 Å². The highest BCUT2D eigenvalue weighted by molar-refractivity contribution is 5.85. The fourth-order valence-electron chi connectivity index (χ4n) is 2.73. The lowest BCUT2D eigenvalue weighted by Crippen LogP contribution is -2.24. The van der Waals surface area contributed by atoms with Crippen LogP contribution in [0.1, 0.15) is 29.8 Å². The van der Waals surface area contributed by atoms with Crippen LogP contribution < -0.4 is 5.32 Å². The molecular formula is C18H19N3. The highest BCUT2D eigenvalue weighted by Crippen LogP contribution is 2.28. The molecule has 0 bridgehead atoms. The van der Waals surface area contributed by atoms with Crippen molar-refractivity contribution in [3.05, 3.63) is 71.8 Å². The van der Waals surface area contributed by atoms with Gasteiger partial charge in [0.15, 0.2) is 0 Å². The number of hydrogen-bond acceptors (Lipinski definition) is 3. The molecule has 1 aromatic carbocycles. The maximum absolute atomic E-state index is 4.59. The van der Waals surface area contributed by atoms with E-state index in [4.69, 9.17) is 0 Å². The first-order chi connectivity index (χ1) is 10.3. The average Bonchev–Trinajstić information content (AvgIpc) is 2.53. The van der Waals surface area contributed by atoms with Crippen molar-refractivity contribution in [3.8, 4) is 0 Å². The maximum Gasteiger partial charge on any atom is 0.0775 e. The van der Waals surface area contributed by atoms with E-state index in [1.165, 1.54) is 16.5 Å². The molecule has 0 aliphatic carbocycles. The first-order valence-corrected chi connectivity index (χ1v) is 7.28. The lowest BCUT2D eigenvalue weighted by Gasteiger charge is -2.21. The van der Waals surface area contributed by atoms with Gasteiger partial charge in [0.2, 0.25) is 0 Å². The molecule has 0 radical (unpaired) electrons. The van der Waals surface area contributed by atoms with Gasteiger partial charge in [-0.3, -0.25) is 9.97 Å². The van der Waals surface area contributed by atoms with Crippen LogP contribution >= 0.6 is 0 Å². The summed E-state index contributed by atoms with van der Waals surface area (Å²) in [6.45, 7) is 5.10. The fraction of sp³-hybridized carbons (Fsp3) is 0.222. The molecule has 0 fully saturated rings. The largest absolute Gasteiger partial charge is 0.305 e. The minimum atomic E-state index is 0.0646. The second-order valence-electron chi connectivity index (χ2n) is 5.15. The minimum Gasteiger partial charge on any atom is -0.305 e. The van der Waals surface area contributed by atoms with Crippen LogP contribution in [0, 0.1) is 6.92 Å². The summed E-state index contributed by atoms with van der Waals surface area (Å²) in [4.78, 5) is 8.99. The van der Waals surface area contributed by atoms with E-state index in [2.05, 4.69) is 53.4 Å². The van der Waals surface area contributed by atoms with E-state index in [0.29, 0.717) is 0 Å². The Morgan fingerprint density at radius 3 is 2.76 bits per heavy atom. The standard InChI is InChI=1S/C18H19N3/c1-3-20-18(17-13(2)7-6-10-21-17)16-12-19-11-14-8-4-5-9-15(14)16/h4-12,18,20H,3H2,1-2H3. The molecule has 3 aromatic rings. The van der Waals surface area contributed by atoms with Gasteiger partial charge < -0.3 is 5.32 Å². The molecule has 2 aromatic heterocycles. The minimum absolute atomic E-state index is 0.0646. The monoisotopic (exact) mass is 277 g/mol. The lowest BCUT2D eigenvalue weighted by atomic mass is 9.96. The Hall–Kier alpha value is -2.26. The summed E-state index contributed by atoms with van der Waals surface area (Å²) in [6, 6.07) is 12.5. The summed E-state index contributed by atoms with van der Waals surface area (Å²) >= 11 is 0. The number of benzene rings is 1. The molecule has 1 atom stereocenters. The molecule has 0 aliphatic heterocycles. The van der Waals surface area contributed by atoms with Gasteiger partial charge in [-0.1, -0.05) is 37.3 Å². The second-order valence-corrected chi connectivity index (χ2v) is 5.15. The number of pyridine rings is 2. The molecule has 0 spiro atoms. The topological polar surface area (TPSA) is 37.8 Å².